The summed E-state index contributed by atoms with van der Waals surface area (Å²) in [6.07, 6.45) is 0.119. The number of hydrogen-bond acceptors (Lipinski definition) is 6. The summed E-state index contributed by atoms with van der Waals surface area (Å²) in [5.41, 5.74) is 4.04. The molecule has 0 saturated heterocycles. The van der Waals surface area contributed by atoms with Gasteiger partial charge in [0.05, 0.1) is 29.0 Å². The van der Waals surface area contributed by atoms with E-state index in [0.29, 0.717) is 29.9 Å². The summed E-state index contributed by atoms with van der Waals surface area (Å²) < 4.78 is 6.87. The first-order valence-corrected chi connectivity index (χ1v) is 11.8. The zero-order valence-corrected chi connectivity index (χ0v) is 19.4. The van der Waals surface area contributed by atoms with E-state index < -0.39 is 11.6 Å². The first-order chi connectivity index (χ1) is 17.0. The van der Waals surface area contributed by atoms with E-state index in [1.165, 1.54) is 5.56 Å². The molecule has 2 aliphatic rings. The summed E-state index contributed by atoms with van der Waals surface area (Å²) in [7, 11) is 0. The SMILES string of the molecule is CC[C@@]1(O)C(=O)OCc2c1cc1n(c2=O)Cc2c-1nc1ccccc1c2CNCc1ccccc1. The molecule has 0 bridgehead atoms. The van der Waals surface area contributed by atoms with Crippen LogP contribution in [0.15, 0.2) is 65.5 Å². The Hall–Kier alpha value is -3.81. The molecule has 2 aromatic heterocycles. The molecule has 7 heteroatoms. The smallest absolute Gasteiger partial charge is 0.343 e. The van der Waals surface area contributed by atoms with Crippen LogP contribution in [-0.2, 0) is 41.4 Å². The lowest BCUT2D eigenvalue weighted by atomic mass is 9.86. The Bertz CT molecular complexity index is 1540. The van der Waals surface area contributed by atoms with E-state index >= 15 is 0 Å². The van der Waals surface area contributed by atoms with Gasteiger partial charge in [-0.15, -0.1) is 0 Å². The second kappa shape index (κ2) is 8.15. The van der Waals surface area contributed by atoms with E-state index in [9.17, 15) is 14.7 Å². The van der Waals surface area contributed by atoms with Crippen molar-refractivity contribution in [1.29, 1.82) is 0 Å². The third-order valence-corrected chi connectivity index (χ3v) is 7.19. The minimum absolute atomic E-state index is 0.119. The molecule has 0 radical (unpaired) electrons. The monoisotopic (exact) mass is 467 g/mol. The predicted molar refractivity (Wildman–Crippen MR) is 132 cm³/mol. The largest absolute Gasteiger partial charge is 0.458 e. The fourth-order valence-electron chi connectivity index (χ4n) is 5.24. The van der Waals surface area contributed by atoms with Gasteiger partial charge < -0.3 is 19.7 Å². The lowest BCUT2D eigenvalue weighted by molar-refractivity contribution is -0.172. The molecular weight excluding hydrogens is 442 g/mol. The Morgan fingerprint density at radius 3 is 2.63 bits per heavy atom. The third kappa shape index (κ3) is 3.31. The van der Waals surface area contributed by atoms with Crippen LogP contribution in [0.5, 0.6) is 0 Å². The van der Waals surface area contributed by atoms with Crippen LogP contribution in [-0.4, -0.2) is 20.6 Å². The van der Waals surface area contributed by atoms with Crippen molar-refractivity contribution in [1.82, 2.24) is 14.9 Å². The van der Waals surface area contributed by atoms with Crippen LogP contribution in [0.3, 0.4) is 0 Å². The number of hydrogen-bond donors (Lipinski definition) is 2. The van der Waals surface area contributed by atoms with Crippen LogP contribution in [0.2, 0.25) is 0 Å². The van der Waals surface area contributed by atoms with Crippen molar-refractivity contribution >= 4 is 16.9 Å². The number of esters is 1. The highest BCUT2D eigenvalue weighted by Gasteiger charge is 2.45. The standard InChI is InChI=1S/C28H25N3O4/c1-2-28(34)22-12-24-25-20(15-31(24)26(32)21(22)16-35-27(28)33)19(18-10-6-7-11-23(18)30-25)14-29-13-17-8-4-3-5-9-17/h3-12,29,34H,2,13-16H2,1H3/t28-/m0/s1. The van der Waals surface area contributed by atoms with E-state index in [1.807, 2.05) is 36.4 Å². The average Bonchev–Trinajstić information content (AvgIpc) is 3.25. The normalized spacial score (nSPS) is 18.2. The minimum atomic E-state index is -1.83. The van der Waals surface area contributed by atoms with E-state index in [4.69, 9.17) is 9.72 Å². The number of nitrogens with zero attached hydrogens (tertiary/aromatic N) is 2. The fraction of sp³-hybridized carbons (Fsp3) is 0.250. The minimum Gasteiger partial charge on any atom is -0.458 e. The maximum absolute atomic E-state index is 13.5. The van der Waals surface area contributed by atoms with Gasteiger partial charge in [0.2, 0.25) is 0 Å². The molecule has 2 aliphatic heterocycles. The molecule has 4 heterocycles. The molecule has 7 nitrogen and oxygen atoms in total. The van der Waals surface area contributed by atoms with Crippen LogP contribution < -0.4 is 10.9 Å². The first-order valence-electron chi connectivity index (χ1n) is 11.8. The molecule has 35 heavy (non-hydrogen) atoms. The Balaban J connectivity index is 1.49. The molecule has 1 atom stereocenters. The van der Waals surface area contributed by atoms with Crippen LogP contribution in [0.4, 0.5) is 0 Å². The highest BCUT2D eigenvalue weighted by atomic mass is 16.6. The third-order valence-electron chi connectivity index (χ3n) is 7.19. The number of rotatable bonds is 5. The highest BCUT2D eigenvalue weighted by Crippen LogP contribution is 2.40. The quantitative estimate of drug-likeness (QED) is 0.385. The topological polar surface area (TPSA) is 93.5 Å². The van der Waals surface area contributed by atoms with Crippen molar-refractivity contribution in [2.24, 2.45) is 0 Å². The predicted octanol–water partition coefficient (Wildman–Crippen LogP) is 3.37. The van der Waals surface area contributed by atoms with E-state index in [1.54, 1.807) is 17.6 Å². The molecule has 6 rings (SSSR count). The molecule has 0 unspecified atom stereocenters. The van der Waals surface area contributed by atoms with Crippen molar-refractivity contribution in [3.8, 4) is 11.4 Å². The number of fused-ring (bicyclic) bond motifs is 5. The Morgan fingerprint density at radius 2 is 1.83 bits per heavy atom. The maximum Gasteiger partial charge on any atom is 0.343 e. The Kier molecular flexibility index (Phi) is 5.05. The number of carbonyl (C=O) groups excluding carboxylic acids is 1. The molecule has 176 valence electrons. The first kappa shape index (κ1) is 21.7. The van der Waals surface area contributed by atoms with E-state index in [2.05, 4.69) is 23.5 Å². The molecule has 0 aliphatic carbocycles. The number of ether oxygens (including phenoxy) is 1. The van der Waals surface area contributed by atoms with E-state index in [-0.39, 0.29) is 18.6 Å². The van der Waals surface area contributed by atoms with Gasteiger partial charge in [0, 0.05) is 29.6 Å². The number of cyclic esters (lactones) is 1. The van der Waals surface area contributed by atoms with Crippen LogP contribution >= 0.6 is 0 Å². The second-order valence-electron chi connectivity index (χ2n) is 9.13. The van der Waals surface area contributed by atoms with E-state index in [0.717, 1.165) is 34.3 Å². The average molecular weight is 468 g/mol. The van der Waals surface area contributed by atoms with Crippen LogP contribution in [0.25, 0.3) is 22.3 Å². The van der Waals surface area contributed by atoms with Gasteiger partial charge >= 0.3 is 5.97 Å². The fourth-order valence-corrected chi connectivity index (χ4v) is 5.24. The number of para-hydroxylation sites is 1. The molecule has 2 N–H and O–H groups in total. The summed E-state index contributed by atoms with van der Waals surface area (Å²) >= 11 is 0. The van der Waals surface area contributed by atoms with Crippen molar-refractivity contribution in [2.45, 2.75) is 45.2 Å². The molecule has 4 aromatic rings. The van der Waals surface area contributed by atoms with Gasteiger partial charge in [-0.2, -0.15) is 0 Å². The zero-order chi connectivity index (χ0) is 24.2. The Labute approximate surface area is 202 Å². The lowest BCUT2D eigenvalue weighted by Crippen LogP contribution is -2.44. The second-order valence-corrected chi connectivity index (χ2v) is 9.13. The summed E-state index contributed by atoms with van der Waals surface area (Å²) in [5, 5.41) is 15.7. The molecule has 0 fully saturated rings. The van der Waals surface area contributed by atoms with Gasteiger partial charge in [0.1, 0.15) is 6.61 Å². The van der Waals surface area contributed by atoms with Crippen molar-refractivity contribution < 1.29 is 14.6 Å². The van der Waals surface area contributed by atoms with Gasteiger partial charge in [-0.1, -0.05) is 55.5 Å². The summed E-state index contributed by atoms with van der Waals surface area (Å²) in [6.45, 7) is 3.29. The number of nitrogens with one attached hydrogen (secondary N) is 1. The molecule has 0 spiro atoms. The number of carbonyl (C=O) groups is 1. The van der Waals surface area contributed by atoms with Gasteiger partial charge in [0.25, 0.3) is 5.56 Å². The Morgan fingerprint density at radius 1 is 1.06 bits per heavy atom. The van der Waals surface area contributed by atoms with Gasteiger partial charge in [-0.05, 0) is 29.7 Å². The number of aromatic nitrogens is 2. The molecule has 0 saturated carbocycles. The van der Waals surface area contributed by atoms with Crippen molar-refractivity contribution in [3.63, 3.8) is 0 Å². The molecule has 2 aromatic carbocycles. The summed E-state index contributed by atoms with van der Waals surface area (Å²) in [4.78, 5) is 30.9. The summed E-state index contributed by atoms with van der Waals surface area (Å²) in [5.74, 6) is -0.715. The van der Waals surface area contributed by atoms with Crippen molar-refractivity contribution in [2.75, 3.05) is 0 Å². The van der Waals surface area contributed by atoms with Gasteiger partial charge in [0.15, 0.2) is 5.60 Å². The van der Waals surface area contributed by atoms with Gasteiger partial charge in [-0.3, -0.25) is 4.79 Å². The van der Waals surface area contributed by atoms with Crippen LogP contribution in [0, 0.1) is 0 Å². The molecular formula is C28H25N3O4. The summed E-state index contributed by atoms with van der Waals surface area (Å²) in [6, 6.07) is 19.9. The molecule has 0 amide bonds. The lowest BCUT2D eigenvalue weighted by Gasteiger charge is -2.31. The number of pyridine rings is 2. The van der Waals surface area contributed by atoms with Crippen molar-refractivity contribution in [3.05, 3.63) is 98.8 Å². The van der Waals surface area contributed by atoms with Crippen LogP contribution in [0.1, 0.15) is 41.2 Å². The zero-order valence-electron chi connectivity index (χ0n) is 19.4. The number of benzene rings is 2. The number of aliphatic hydroxyl groups is 1. The highest BCUT2D eigenvalue weighted by molar-refractivity contribution is 5.89. The van der Waals surface area contributed by atoms with Gasteiger partial charge in [-0.25, -0.2) is 9.78 Å². The maximum atomic E-state index is 13.5.